The van der Waals surface area contributed by atoms with Crippen molar-refractivity contribution in [2.45, 2.75) is 28.2 Å². The number of rotatable bonds is 12. The van der Waals surface area contributed by atoms with Crippen LogP contribution in [-0.2, 0) is 0 Å². The Hall–Kier alpha value is -10.9. The molecule has 3 N–H and O–H groups in total. The van der Waals surface area contributed by atoms with E-state index in [2.05, 4.69) is 60.8 Å². The Labute approximate surface area is 429 Å². The number of ether oxygens (including phenoxy) is 3. The molecule has 0 spiro atoms. The fourth-order valence-corrected chi connectivity index (χ4v) is 6.27. The molecule has 9 aromatic rings. The molecule has 0 bridgehead atoms. The zero-order valence-electron chi connectivity index (χ0n) is 39.3. The highest BCUT2D eigenvalue weighted by molar-refractivity contribution is 6.04. The van der Waals surface area contributed by atoms with Crippen LogP contribution >= 0.6 is 0 Å². The van der Waals surface area contributed by atoms with Gasteiger partial charge in [0.25, 0.3) is 17.7 Å². The van der Waals surface area contributed by atoms with Gasteiger partial charge in [-0.25, -0.2) is 34.3 Å². The summed E-state index contributed by atoms with van der Waals surface area (Å²) in [6.07, 6.45) is 17.7. The van der Waals surface area contributed by atoms with E-state index in [1.54, 1.807) is 91.4 Å². The summed E-state index contributed by atoms with van der Waals surface area (Å²) in [5, 5.41) is 26.4. The van der Waals surface area contributed by atoms with Gasteiger partial charge in [0.1, 0.15) is 59.1 Å². The summed E-state index contributed by atoms with van der Waals surface area (Å²) in [5.41, 5.74) is 5.42. The highest BCUT2D eigenvalue weighted by Gasteiger charge is 2.14. The van der Waals surface area contributed by atoms with Crippen LogP contribution in [0.5, 0.6) is 34.5 Å². The maximum absolute atomic E-state index is 13.8. The van der Waals surface area contributed by atoms with Crippen molar-refractivity contribution in [1.29, 1.82) is 10.5 Å². The molecule has 20 nitrogen and oxygen atoms in total. The molecule has 3 amide bonds. The van der Waals surface area contributed by atoms with Crippen LogP contribution in [0.15, 0.2) is 166 Å². The molecule has 6 aromatic heterocycles. The predicted molar refractivity (Wildman–Crippen MR) is 273 cm³/mol. The third-order valence-electron chi connectivity index (χ3n) is 9.48. The molecular weight excluding hydrogens is 960 g/mol. The van der Waals surface area contributed by atoms with Crippen LogP contribution in [0.3, 0.4) is 0 Å². The van der Waals surface area contributed by atoms with Crippen molar-refractivity contribution in [3.05, 3.63) is 216 Å². The number of aromatic nitrogens is 9. The Morgan fingerprint density at radius 2 is 0.747 bits per heavy atom. The highest BCUT2D eigenvalue weighted by Crippen LogP contribution is 2.28. The van der Waals surface area contributed by atoms with Gasteiger partial charge in [0, 0.05) is 59.9 Å². The average Bonchev–Trinajstić information content (AvgIpc) is 3.39. The zero-order chi connectivity index (χ0) is 52.2. The van der Waals surface area contributed by atoms with Gasteiger partial charge in [0.2, 0.25) is 0 Å². The number of nitrogens with zero attached hydrogens (tertiary/aromatic N) is 11. The Morgan fingerprint density at radius 3 is 1.05 bits per heavy atom. The number of halogens is 1. The van der Waals surface area contributed by atoms with Gasteiger partial charge in [-0.3, -0.25) is 29.3 Å². The maximum Gasteiger partial charge on any atom is 0.274 e. The molecule has 6 heterocycles. The number of carbonyl (C=O) groups is 3. The van der Waals surface area contributed by atoms with Gasteiger partial charge in [-0.1, -0.05) is 7.43 Å². The van der Waals surface area contributed by atoms with Crippen LogP contribution in [-0.4, -0.2) is 62.6 Å². The zero-order valence-corrected chi connectivity index (χ0v) is 39.3. The summed E-state index contributed by atoms with van der Waals surface area (Å²) in [6.45, 7) is 5.61. The minimum absolute atomic E-state index is 0. The van der Waals surface area contributed by atoms with Gasteiger partial charge in [-0.05, 0) is 104 Å². The lowest BCUT2D eigenvalue weighted by Gasteiger charge is -2.09. The first-order chi connectivity index (χ1) is 35.9. The van der Waals surface area contributed by atoms with E-state index in [-0.39, 0.29) is 36.4 Å². The largest absolute Gasteiger partial charge is 0.454 e. The van der Waals surface area contributed by atoms with E-state index in [1.807, 2.05) is 32.9 Å². The van der Waals surface area contributed by atoms with Crippen molar-refractivity contribution in [3.8, 4) is 46.6 Å². The molecule has 0 saturated heterocycles. The number of amides is 3. The minimum atomic E-state index is -0.545. The van der Waals surface area contributed by atoms with Crippen molar-refractivity contribution in [2.24, 2.45) is 0 Å². The van der Waals surface area contributed by atoms with Crippen LogP contribution < -0.4 is 30.2 Å². The lowest BCUT2D eigenvalue weighted by molar-refractivity contribution is 0.101. The number of carbonyl (C=O) groups excluding carboxylic acids is 3. The normalized spacial score (nSPS) is 9.89. The lowest BCUT2D eigenvalue weighted by atomic mass is 10.2. The molecule has 0 fully saturated rings. The van der Waals surface area contributed by atoms with E-state index in [9.17, 15) is 29.3 Å². The number of benzene rings is 3. The van der Waals surface area contributed by atoms with E-state index < -0.39 is 11.7 Å². The van der Waals surface area contributed by atoms with Crippen LogP contribution in [0.25, 0.3) is 0 Å². The van der Waals surface area contributed by atoms with E-state index in [0.29, 0.717) is 62.6 Å². The second kappa shape index (κ2) is 26.3. The second-order valence-electron chi connectivity index (χ2n) is 15.4. The average molecular weight is 1000 g/mol. The summed E-state index contributed by atoms with van der Waals surface area (Å²) in [5.74, 6) is 0.502. The Balaban J connectivity index is 0.000000182. The van der Waals surface area contributed by atoms with E-state index in [1.165, 1.54) is 74.4 Å². The standard InChI is InChI=1S/2C18H13N5O2.C17H13FN4O2.CH4/c2*1-12-2-3-22-17(4-12)18(24)23-14-5-13(8-19)6-15(7-14)25-16-9-20-11-21-10-16;1-11-2-3-21-16(4-11)17(23)22-13-5-12(18)6-14(7-13)24-15-8-19-10-20-9-15;/h2*2-7,9-11H,1H3,(H,23,24);2-10H,1H3,(H,22,23);1H4. The number of hydrogen-bond donors (Lipinski definition) is 3. The van der Waals surface area contributed by atoms with Crippen LogP contribution in [0.2, 0.25) is 0 Å². The fraction of sp³-hybridized carbons (Fsp3) is 0.0741. The first-order valence-corrected chi connectivity index (χ1v) is 21.8. The SMILES string of the molecule is C.Cc1ccnc(C(=O)Nc2cc(C#N)cc(Oc3cncnc3)c2)c1.Cc1ccnc(C(=O)Nc2cc(C#N)cc(Oc3cncnc3)c2)c1.Cc1ccnc(C(=O)Nc2cc(F)cc(Oc3cncnc3)c2)c1. The molecule has 0 saturated carbocycles. The number of nitriles is 2. The molecule has 9 rings (SSSR count). The lowest BCUT2D eigenvalue weighted by Crippen LogP contribution is -2.13. The molecule has 0 aliphatic rings. The summed E-state index contributed by atoms with van der Waals surface area (Å²) >= 11 is 0. The summed E-state index contributed by atoms with van der Waals surface area (Å²) in [7, 11) is 0. The molecule has 0 radical (unpaired) electrons. The van der Waals surface area contributed by atoms with Crippen molar-refractivity contribution in [3.63, 3.8) is 0 Å². The monoisotopic (exact) mass is 1000 g/mol. The van der Waals surface area contributed by atoms with E-state index >= 15 is 0 Å². The summed E-state index contributed by atoms with van der Waals surface area (Å²) in [6, 6.07) is 27.9. The number of aryl methyl sites for hydroxylation is 3. The molecule has 0 aliphatic carbocycles. The van der Waals surface area contributed by atoms with E-state index in [0.717, 1.165) is 16.7 Å². The van der Waals surface area contributed by atoms with Crippen molar-refractivity contribution in [2.75, 3.05) is 16.0 Å². The van der Waals surface area contributed by atoms with Gasteiger partial charge in [-0.15, -0.1) is 0 Å². The van der Waals surface area contributed by atoms with Gasteiger partial charge in [0.05, 0.1) is 60.4 Å². The van der Waals surface area contributed by atoms with Gasteiger partial charge in [0.15, 0.2) is 17.2 Å². The first kappa shape index (κ1) is 53.4. The van der Waals surface area contributed by atoms with Crippen molar-refractivity contribution >= 4 is 34.8 Å². The Bertz CT molecular complexity index is 3350. The third kappa shape index (κ3) is 16.6. The quantitative estimate of drug-likeness (QED) is 0.103. The van der Waals surface area contributed by atoms with Crippen molar-refractivity contribution < 1.29 is 33.0 Å². The third-order valence-corrected chi connectivity index (χ3v) is 9.48. The first-order valence-electron chi connectivity index (χ1n) is 21.8. The summed E-state index contributed by atoms with van der Waals surface area (Å²) in [4.78, 5) is 72.0. The predicted octanol–water partition coefficient (Wildman–Crippen LogP) is 10.2. The Morgan fingerprint density at radius 1 is 0.440 bits per heavy atom. The van der Waals surface area contributed by atoms with Crippen LogP contribution in [0.4, 0.5) is 21.5 Å². The molecule has 372 valence electrons. The van der Waals surface area contributed by atoms with Crippen LogP contribution in [0, 0.1) is 49.3 Å². The highest BCUT2D eigenvalue weighted by atomic mass is 19.1. The van der Waals surface area contributed by atoms with Gasteiger partial charge >= 0.3 is 0 Å². The molecule has 0 unspecified atom stereocenters. The topological polar surface area (TPSA) is 279 Å². The minimum Gasteiger partial charge on any atom is -0.454 e. The number of pyridine rings is 3. The maximum atomic E-state index is 13.8. The number of hydrogen-bond acceptors (Lipinski definition) is 17. The molecule has 75 heavy (non-hydrogen) atoms. The second-order valence-corrected chi connectivity index (χ2v) is 15.4. The molecule has 21 heteroatoms. The van der Waals surface area contributed by atoms with Crippen LogP contribution in [0.1, 0.15) is 66.7 Å². The van der Waals surface area contributed by atoms with Gasteiger partial charge in [-0.2, -0.15) is 10.5 Å². The molecular formula is C54H43FN14O6. The summed E-state index contributed by atoms with van der Waals surface area (Å²) < 4.78 is 30.5. The van der Waals surface area contributed by atoms with Crippen molar-refractivity contribution in [1.82, 2.24) is 44.9 Å². The number of anilines is 3. The Kier molecular flexibility index (Phi) is 18.8. The smallest absolute Gasteiger partial charge is 0.274 e. The molecule has 0 aliphatic heterocycles. The van der Waals surface area contributed by atoms with Gasteiger partial charge < -0.3 is 30.2 Å². The molecule has 0 atom stereocenters. The fourth-order valence-electron chi connectivity index (χ4n) is 6.27. The molecule has 3 aromatic carbocycles. The van der Waals surface area contributed by atoms with E-state index in [4.69, 9.17) is 14.2 Å². The number of nitrogens with one attached hydrogen (secondary N) is 3.